The quantitative estimate of drug-likeness (QED) is 0.757. The van der Waals surface area contributed by atoms with Crippen LogP contribution in [0.4, 0.5) is 0 Å². The Morgan fingerprint density at radius 1 is 1.73 bits per heavy atom. The van der Waals surface area contributed by atoms with Crippen LogP contribution < -0.4 is 4.74 Å². The predicted molar refractivity (Wildman–Crippen MR) is 46.9 cm³/mol. The molecule has 0 fully saturated rings. The number of hydrogen-bond acceptors (Lipinski definition) is 4. The van der Waals surface area contributed by atoms with Crippen LogP contribution in [0, 0.1) is 0 Å². The zero-order valence-corrected chi connectivity index (χ0v) is 8.61. The summed E-state index contributed by atoms with van der Waals surface area (Å²) in [4.78, 5) is 3.97. The fourth-order valence-corrected chi connectivity index (χ4v) is 1.56. The summed E-state index contributed by atoms with van der Waals surface area (Å²) >= 11 is 4.71. The molecule has 1 unspecified atom stereocenters. The van der Waals surface area contributed by atoms with Crippen LogP contribution in [0.2, 0.25) is 0 Å². The van der Waals surface area contributed by atoms with E-state index in [9.17, 15) is 0 Å². The third-order valence-electron chi connectivity index (χ3n) is 1.05. The first-order chi connectivity index (χ1) is 5.22. The second-order valence-electron chi connectivity index (χ2n) is 1.85. The number of rotatable bonds is 3. The van der Waals surface area contributed by atoms with Gasteiger partial charge in [0.2, 0.25) is 0 Å². The minimum absolute atomic E-state index is 0.243. The van der Waals surface area contributed by atoms with Crippen molar-refractivity contribution in [3.63, 3.8) is 0 Å². The van der Waals surface area contributed by atoms with Gasteiger partial charge >= 0.3 is 0 Å². The Morgan fingerprint density at radius 3 is 2.91 bits per heavy atom. The average Bonchev–Trinajstić information content (AvgIpc) is 2.35. The lowest BCUT2D eigenvalue weighted by Gasteiger charge is -2.08. The van der Waals surface area contributed by atoms with Crippen molar-refractivity contribution in [2.45, 2.75) is 13.2 Å². The van der Waals surface area contributed by atoms with E-state index in [4.69, 9.17) is 9.47 Å². The van der Waals surface area contributed by atoms with Gasteiger partial charge in [0, 0.05) is 7.11 Å². The third kappa shape index (κ3) is 2.76. The molecule has 0 spiro atoms. The van der Waals surface area contributed by atoms with Gasteiger partial charge in [-0.1, -0.05) is 11.3 Å². The molecule has 3 nitrogen and oxygen atoms in total. The van der Waals surface area contributed by atoms with E-state index in [0.29, 0.717) is 5.19 Å². The van der Waals surface area contributed by atoms with E-state index in [1.807, 2.05) is 6.92 Å². The van der Waals surface area contributed by atoms with Crippen molar-refractivity contribution in [2.75, 3.05) is 7.11 Å². The zero-order chi connectivity index (χ0) is 8.27. The minimum Gasteiger partial charge on any atom is -0.440 e. The molecule has 0 aliphatic rings. The van der Waals surface area contributed by atoms with Crippen LogP contribution in [-0.4, -0.2) is 18.4 Å². The molecule has 0 aliphatic heterocycles. The maximum absolute atomic E-state index is 5.24. The number of methoxy groups -OCH3 is 1. The van der Waals surface area contributed by atoms with Crippen molar-refractivity contribution in [3.05, 3.63) is 9.98 Å². The van der Waals surface area contributed by atoms with Crippen molar-refractivity contribution in [3.8, 4) is 5.19 Å². The summed E-state index contributed by atoms with van der Waals surface area (Å²) in [6.07, 6.45) is 1.45. The van der Waals surface area contributed by atoms with Gasteiger partial charge < -0.3 is 9.47 Å². The summed E-state index contributed by atoms with van der Waals surface area (Å²) in [5, 5.41) is 0.617. The largest absolute Gasteiger partial charge is 0.440 e. The Morgan fingerprint density at radius 2 is 2.45 bits per heavy atom. The molecule has 0 N–H and O–H groups in total. The second-order valence-corrected chi connectivity index (χ2v) is 4.22. The molecule has 0 saturated heterocycles. The zero-order valence-electron chi connectivity index (χ0n) is 6.20. The van der Waals surface area contributed by atoms with E-state index in [1.54, 1.807) is 13.3 Å². The first kappa shape index (κ1) is 8.96. The Bertz CT molecular complexity index is 228. The summed E-state index contributed by atoms with van der Waals surface area (Å²) in [6, 6.07) is 0. The monoisotopic (exact) mass is 237 g/mol. The fraction of sp³-hybridized carbons (Fsp3) is 0.500. The highest BCUT2D eigenvalue weighted by Gasteiger charge is 2.04. The van der Waals surface area contributed by atoms with Crippen LogP contribution in [-0.2, 0) is 4.74 Å². The van der Waals surface area contributed by atoms with Crippen LogP contribution in [0.3, 0.4) is 0 Å². The van der Waals surface area contributed by atoms with Crippen molar-refractivity contribution in [1.29, 1.82) is 0 Å². The lowest BCUT2D eigenvalue weighted by atomic mass is 10.8. The van der Waals surface area contributed by atoms with Gasteiger partial charge in [0.05, 0.1) is 9.98 Å². The van der Waals surface area contributed by atoms with Crippen LogP contribution in [0.25, 0.3) is 0 Å². The molecular weight excluding hydrogens is 230 g/mol. The molecule has 11 heavy (non-hydrogen) atoms. The van der Waals surface area contributed by atoms with Crippen molar-refractivity contribution >= 4 is 27.3 Å². The van der Waals surface area contributed by atoms with E-state index in [-0.39, 0.29) is 6.29 Å². The topological polar surface area (TPSA) is 31.4 Å². The Labute approximate surface area is 77.5 Å². The fourth-order valence-electron chi connectivity index (χ4n) is 0.484. The van der Waals surface area contributed by atoms with E-state index in [0.717, 1.165) is 3.79 Å². The van der Waals surface area contributed by atoms with E-state index < -0.39 is 0 Å². The van der Waals surface area contributed by atoms with E-state index in [1.165, 1.54) is 11.3 Å². The molecule has 1 rings (SSSR count). The highest BCUT2D eigenvalue weighted by Crippen LogP contribution is 2.25. The Kier molecular flexibility index (Phi) is 3.29. The standard InChI is InChI=1S/C6H8BrNO2S/c1-4(9-2)10-6-8-3-5(7)11-6/h3-4H,1-2H3. The van der Waals surface area contributed by atoms with E-state index >= 15 is 0 Å². The van der Waals surface area contributed by atoms with Crippen molar-refractivity contribution in [1.82, 2.24) is 4.98 Å². The Hall–Kier alpha value is -0.130. The summed E-state index contributed by atoms with van der Waals surface area (Å²) < 4.78 is 11.1. The lowest BCUT2D eigenvalue weighted by Crippen LogP contribution is -2.13. The maximum Gasteiger partial charge on any atom is 0.276 e. The number of thiazole rings is 1. The molecule has 1 atom stereocenters. The molecule has 0 radical (unpaired) electrons. The van der Waals surface area contributed by atoms with Gasteiger partial charge in [-0.25, -0.2) is 4.98 Å². The summed E-state index contributed by atoms with van der Waals surface area (Å²) in [7, 11) is 1.59. The maximum atomic E-state index is 5.24. The summed E-state index contributed by atoms with van der Waals surface area (Å²) in [5.74, 6) is 0. The summed E-state index contributed by atoms with van der Waals surface area (Å²) in [5.41, 5.74) is 0. The van der Waals surface area contributed by atoms with Crippen LogP contribution >= 0.6 is 27.3 Å². The van der Waals surface area contributed by atoms with Crippen molar-refractivity contribution < 1.29 is 9.47 Å². The third-order valence-corrected chi connectivity index (χ3v) is 2.42. The SMILES string of the molecule is COC(C)Oc1ncc(Br)s1. The molecule has 62 valence electrons. The first-order valence-corrected chi connectivity index (χ1v) is 4.64. The Balaban J connectivity index is 2.50. The molecular formula is C6H8BrNO2S. The average molecular weight is 238 g/mol. The second kappa shape index (κ2) is 4.04. The molecule has 0 aliphatic carbocycles. The lowest BCUT2D eigenvalue weighted by molar-refractivity contribution is -0.0383. The van der Waals surface area contributed by atoms with Crippen LogP contribution in [0.5, 0.6) is 5.19 Å². The molecule has 5 heteroatoms. The molecule has 1 aromatic rings. The minimum atomic E-state index is -0.243. The molecule has 0 amide bonds. The highest BCUT2D eigenvalue weighted by molar-refractivity contribution is 9.11. The van der Waals surface area contributed by atoms with Crippen molar-refractivity contribution in [2.24, 2.45) is 0 Å². The number of hydrogen-bond donors (Lipinski definition) is 0. The molecule has 0 saturated carbocycles. The molecule has 0 bridgehead atoms. The van der Waals surface area contributed by atoms with Crippen LogP contribution in [0.15, 0.2) is 9.98 Å². The highest BCUT2D eigenvalue weighted by atomic mass is 79.9. The van der Waals surface area contributed by atoms with Gasteiger partial charge in [-0.3, -0.25) is 0 Å². The molecule has 1 aromatic heterocycles. The van der Waals surface area contributed by atoms with Gasteiger partial charge in [-0.15, -0.1) is 0 Å². The molecule has 0 aromatic carbocycles. The van der Waals surface area contributed by atoms with Gasteiger partial charge in [0.1, 0.15) is 0 Å². The number of aromatic nitrogens is 1. The number of halogens is 1. The normalized spacial score (nSPS) is 13.0. The number of ether oxygens (including phenoxy) is 2. The van der Waals surface area contributed by atoms with Gasteiger partial charge in [0.15, 0.2) is 6.29 Å². The summed E-state index contributed by atoms with van der Waals surface area (Å²) in [6.45, 7) is 1.81. The van der Waals surface area contributed by atoms with Gasteiger partial charge in [-0.05, 0) is 22.9 Å². The van der Waals surface area contributed by atoms with E-state index in [2.05, 4.69) is 20.9 Å². The smallest absolute Gasteiger partial charge is 0.276 e. The first-order valence-electron chi connectivity index (χ1n) is 3.03. The van der Waals surface area contributed by atoms with Gasteiger partial charge in [0.25, 0.3) is 5.19 Å². The van der Waals surface area contributed by atoms with Gasteiger partial charge in [-0.2, -0.15) is 0 Å². The molecule has 1 heterocycles. The predicted octanol–water partition coefficient (Wildman–Crippen LogP) is 2.28. The number of nitrogens with zero attached hydrogens (tertiary/aromatic N) is 1. The van der Waals surface area contributed by atoms with Crippen LogP contribution in [0.1, 0.15) is 6.92 Å².